The second kappa shape index (κ2) is 5.90. The van der Waals surface area contributed by atoms with Gasteiger partial charge in [-0.2, -0.15) is 0 Å². The van der Waals surface area contributed by atoms with Gasteiger partial charge in [0.25, 0.3) is 5.91 Å². The number of carbonyl (C=O) groups excluding carboxylic acids is 1. The van der Waals surface area contributed by atoms with Crippen molar-refractivity contribution >= 4 is 5.91 Å². The highest BCUT2D eigenvalue weighted by atomic mass is 16.1. The monoisotopic (exact) mass is 271 g/mol. The van der Waals surface area contributed by atoms with Crippen molar-refractivity contribution in [2.75, 3.05) is 6.54 Å². The Morgan fingerprint density at radius 1 is 1.25 bits per heavy atom. The van der Waals surface area contributed by atoms with E-state index in [2.05, 4.69) is 31.1 Å². The van der Waals surface area contributed by atoms with Crippen LogP contribution in [0.1, 0.15) is 36.7 Å². The van der Waals surface area contributed by atoms with E-state index in [1.54, 1.807) is 12.5 Å². The summed E-state index contributed by atoms with van der Waals surface area (Å²) in [6.07, 6.45) is 5.35. The summed E-state index contributed by atoms with van der Waals surface area (Å²) < 4.78 is 1.93. The van der Waals surface area contributed by atoms with Crippen molar-refractivity contribution in [3.05, 3.63) is 54.1 Å². The lowest BCUT2D eigenvalue weighted by molar-refractivity contribution is 0.0952. The predicted molar refractivity (Wildman–Crippen MR) is 79.7 cm³/mol. The lowest BCUT2D eigenvalue weighted by atomic mass is 9.87. The number of carbonyl (C=O) groups is 1. The van der Waals surface area contributed by atoms with E-state index in [-0.39, 0.29) is 11.3 Å². The van der Waals surface area contributed by atoms with Crippen LogP contribution in [0.2, 0.25) is 0 Å². The van der Waals surface area contributed by atoms with Gasteiger partial charge in [-0.1, -0.05) is 32.9 Å². The number of aromatic nitrogens is 2. The Balaban J connectivity index is 1.89. The molecule has 1 aromatic heterocycles. The number of benzene rings is 1. The molecule has 1 N–H and O–H groups in total. The maximum Gasteiger partial charge on any atom is 0.251 e. The minimum absolute atomic E-state index is 0.0365. The topological polar surface area (TPSA) is 46.9 Å². The molecule has 0 unspecified atom stereocenters. The highest BCUT2D eigenvalue weighted by Gasteiger charge is 2.14. The first kappa shape index (κ1) is 14.3. The second-order valence-electron chi connectivity index (χ2n) is 5.88. The molecule has 1 aromatic carbocycles. The van der Waals surface area contributed by atoms with Gasteiger partial charge in [-0.3, -0.25) is 4.79 Å². The van der Waals surface area contributed by atoms with E-state index in [0.717, 1.165) is 6.54 Å². The first-order chi connectivity index (χ1) is 9.47. The number of hydrogen-bond donors (Lipinski definition) is 1. The zero-order valence-corrected chi connectivity index (χ0v) is 12.3. The molecule has 2 rings (SSSR count). The van der Waals surface area contributed by atoms with Gasteiger partial charge in [0.15, 0.2) is 0 Å². The van der Waals surface area contributed by atoms with Gasteiger partial charge >= 0.3 is 0 Å². The highest BCUT2D eigenvalue weighted by molar-refractivity contribution is 5.94. The minimum atomic E-state index is -0.0365. The van der Waals surface area contributed by atoms with Gasteiger partial charge in [0.1, 0.15) is 0 Å². The number of rotatable bonds is 4. The molecular weight excluding hydrogens is 250 g/mol. The van der Waals surface area contributed by atoms with Crippen molar-refractivity contribution in [2.24, 2.45) is 0 Å². The van der Waals surface area contributed by atoms with Crippen molar-refractivity contribution in [1.29, 1.82) is 0 Å². The number of nitrogens with one attached hydrogen (secondary N) is 1. The summed E-state index contributed by atoms with van der Waals surface area (Å²) >= 11 is 0. The lowest BCUT2D eigenvalue weighted by Crippen LogP contribution is -2.27. The van der Waals surface area contributed by atoms with Crippen LogP contribution in [0.4, 0.5) is 0 Å². The molecule has 0 spiro atoms. The van der Waals surface area contributed by atoms with Crippen molar-refractivity contribution in [3.63, 3.8) is 0 Å². The summed E-state index contributed by atoms with van der Waals surface area (Å²) in [4.78, 5) is 16.0. The first-order valence-electron chi connectivity index (χ1n) is 6.81. The normalized spacial score (nSPS) is 11.3. The van der Waals surface area contributed by atoms with Crippen LogP contribution >= 0.6 is 0 Å². The Bertz CT molecular complexity index is 550. The first-order valence-corrected chi connectivity index (χ1v) is 6.81. The van der Waals surface area contributed by atoms with Gasteiger partial charge in [0, 0.05) is 31.0 Å². The average Bonchev–Trinajstić information content (AvgIpc) is 2.91. The van der Waals surface area contributed by atoms with Gasteiger partial charge in [0.05, 0.1) is 6.33 Å². The number of amides is 1. The van der Waals surface area contributed by atoms with Crippen LogP contribution in [0.25, 0.3) is 0 Å². The summed E-state index contributed by atoms with van der Waals surface area (Å²) in [5.41, 5.74) is 2.03. The second-order valence-corrected chi connectivity index (χ2v) is 5.88. The van der Waals surface area contributed by atoms with Crippen LogP contribution in [-0.4, -0.2) is 22.0 Å². The Morgan fingerprint density at radius 2 is 1.95 bits per heavy atom. The molecule has 0 bridgehead atoms. The summed E-state index contributed by atoms with van der Waals surface area (Å²) in [5.74, 6) is -0.0365. The van der Waals surface area contributed by atoms with Gasteiger partial charge in [-0.05, 0) is 23.1 Å². The molecule has 106 valence electrons. The Kier molecular flexibility index (Phi) is 4.23. The van der Waals surface area contributed by atoms with E-state index >= 15 is 0 Å². The molecule has 1 amide bonds. The maximum absolute atomic E-state index is 12.0. The fraction of sp³-hybridized carbons (Fsp3) is 0.375. The zero-order chi connectivity index (χ0) is 14.6. The third-order valence-electron chi connectivity index (χ3n) is 3.23. The summed E-state index contributed by atoms with van der Waals surface area (Å²) in [7, 11) is 0. The van der Waals surface area contributed by atoms with Crippen molar-refractivity contribution < 1.29 is 4.79 Å². The molecule has 4 heteroatoms. The molecule has 0 aliphatic heterocycles. The van der Waals surface area contributed by atoms with Gasteiger partial charge < -0.3 is 9.88 Å². The zero-order valence-electron chi connectivity index (χ0n) is 12.3. The lowest BCUT2D eigenvalue weighted by Gasteiger charge is -2.19. The van der Waals surface area contributed by atoms with E-state index in [9.17, 15) is 4.79 Å². The van der Waals surface area contributed by atoms with Crippen LogP contribution < -0.4 is 5.32 Å². The van der Waals surface area contributed by atoms with Gasteiger partial charge in [-0.25, -0.2) is 4.98 Å². The molecule has 20 heavy (non-hydrogen) atoms. The fourth-order valence-electron chi connectivity index (χ4n) is 1.94. The molecule has 1 heterocycles. The van der Waals surface area contributed by atoms with Crippen molar-refractivity contribution in [1.82, 2.24) is 14.9 Å². The largest absolute Gasteiger partial charge is 0.350 e. The average molecular weight is 271 g/mol. The quantitative estimate of drug-likeness (QED) is 0.929. The Labute approximate surface area is 119 Å². The van der Waals surface area contributed by atoms with E-state index in [1.165, 1.54) is 5.56 Å². The molecule has 0 aliphatic carbocycles. The number of nitrogens with zero attached hydrogens (tertiary/aromatic N) is 2. The van der Waals surface area contributed by atoms with Crippen molar-refractivity contribution in [3.8, 4) is 0 Å². The standard InChI is InChI=1S/C16H21N3O/c1-16(2,3)14-6-4-13(5-7-14)15(20)18-9-11-19-10-8-17-12-19/h4-8,10,12H,9,11H2,1-3H3,(H,18,20). The molecule has 4 nitrogen and oxygen atoms in total. The third-order valence-corrected chi connectivity index (χ3v) is 3.23. The Morgan fingerprint density at radius 3 is 2.50 bits per heavy atom. The van der Waals surface area contributed by atoms with Crippen LogP contribution in [0.3, 0.4) is 0 Å². The third kappa shape index (κ3) is 3.70. The fourth-order valence-corrected chi connectivity index (χ4v) is 1.94. The van der Waals surface area contributed by atoms with Crippen LogP contribution in [-0.2, 0) is 12.0 Å². The number of imidazole rings is 1. The molecular formula is C16H21N3O. The maximum atomic E-state index is 12.0. The molecule has 0 saturated heterocycles. The van der Waals surface area contributed by atoms with Crippen LogP contribution in [0, 0.1) is 0 Å². The smallest absolute Gasteiger partial charge is 0.251 e. The van der Waals surface area contributed by atoms with Gasteiger partial charge in [-0.15, -0.1) is 0 Å². The minimum Gasteiger partial charge on any atom is -0.350 e. The molecule has 2 aromatic rings. The molecule has 0 radical (unpaired) electrons. The molecule has 0 fully saturated rings. The summed E-state index contributed by atoms with van der Waals surface area (Å²) in [5, 5.41) is 2.91. The van der Waals surface area contributed by atoms with E-state index in [4.69, 9.17) is 0 Å². The van der Waals surface area contributed by atoms with Gasteiger partial charge in [0.2, 0.25) is 0 Å². The predicted octanol–water partition coefficient (Wildman–Crippen LogP) is 2.61. The Hall–Kier alpha value is -2.10. The van der Waals surface area contributed by atoms with Crippen molar-refractivity contribution in [2.45, 2.75) is 32.7 Å². The van der Waals surface area contributed by atoms with E-state index < -0.39 is 0 Å². The molecule has 0 aliphatic rings. The van der Waals surface area contributed by atoms with E-state index in [0.29, 0.717) is 12.1 Å². The molecule has 0 atom stereocenters. The van der Waals surface area contributed by atoms with Crippen LogP contribution in [0.15, 0.2) is 43.0 Å². The highest BCUT2D eigenvalue weighted by Crippen LogP contribution is 2.22. The number of hydrogen-bond acceptors (Lipinski definition) is 2. The SMILES string of the molecule is CC(C)(C)c1ccc(C(=O)NCCn2ccnc2)cc1. The van der Waals surface area contributed by atoms with Crippen LogP contribution in [0.5, 0.6) is 0 Å². The van der Waals surface area contributed by atoms with E-state index in [1.807, 2.05) is 35.0 Å². The summed E-state index contributed by atoms with van der Waals surface area (Å²) in [6.45, 7) is 7.80. The molecule has 0 saturated carbocycles. The summed E-state index contributed by atoms with van der Waals surface area (Å²) in [6, 6.07) is 7.80.